The van der Waals surface area contributed by atoms with Crippen LogP contribution in [-0.4, -0.2) is 41.9 Å². The minimum absolute atomic E-state index is 0.0945. The van der Waals surface area contributed by atoms with Crippen molar-refractivity contribution in [2.24, 2.45) is 0 Å². The first-order chi connectivity index (χ1) is 13.6. The fraction of sp³-hybridized carbons (Fsp3) is 0.250. The largest absolute Gasteiger partial charge is 0.471 e. The molecule has 1 aliphatic rings. The van der Waals surface area contributed by atoms with Crippen molar-refractivity contribution in [2.45, 2.75) is 23.8 Å². The topological polar surface area (TPSA) is 96.2 Å². The number of benzene rings is 2. The highest BCUT2D eigenvalue weighted by molar-refractivity contribution is 7.89. The second kappa shape index (κ2) is 7.54. The highest BCUT2D eigenvalue weighted by Gasteiger charge is 2.32. The number of nitrogens with zero attached hydrogens (tertiary/aromatic N) is 4. The molecule has 1 unspecified atom stereocenters. The molecule has 28 heavy (non-hydrogen) atoms. The van der Waals surface area contributed by atoms with Gasteiger partial charge in [0.25, 0.3) is 5.88 Å². The predicted octanol–water partition coefficient (Wildman–Crippen LogP) is 2.73. The summed E-state index contributed by atoms with van der Waals surface area (Å²) in [5.74, 6) is 0.139. The lowest BCUT2D eigenvalue weighted by Crippen LogP contribution is -2.44. The van der Waals surface area contributed by atoms with Crippen LogP contribution in [0, 0.1) is 11.3 Å². The molecule has 1 fully saturated rings. The molecule has 8 heteroatoms. The Labute approximate surface area is 163 Å². The van der Waals surface area contributed by atoms with E-state index in [1.165, 1.54) is 16.7 Å². The van der Waals surface area contributed by atoms with Gasteiger partial charge in [0, 0.05) is 18.9 Å². The van der Waals surface area contributed by atoms with Crippen LogP contribution in [0.1, 0.15) is 18.5 Å². The van der Waals surface area contributed by atoms with Crippen molar-refractivity contribution in [1.29, 1.82) is 5.26 Å². The van der Waals surface area contributed by atoms with Crippen LogP contribution >= 0.6 is 0 Å². The van der Waals surface area contributed by atoms with E-state index in [1.54, 1.807) is 12.1 Å². The van der Waals surface area contributed by atoms with Crippen LogP contribution in [0.3, 0.4) is 0 Å². The Bertz CT molecular complexity index is 1160. The number of hydrogen-bond acceptors (Lipinski definition) is 6. The molecule has 0 amide bonds. The number of sulfonamides is 1. The van der Waals surface area contributed by atoms with E-state index < -0.39 is 10.0 Å². The van der Waals surface area contributed by atoms with Gasteiger partial charge in [0.05, 0.1) is 11.4 Å². The van der Waals surface area contributed by atoms with Crippen LogP contribution in [0.5, 0.6) is 5.88 Å². The molecule has 2 heterocycles. The number of hydrogen-bond donors (Lipinski definition) is 0. The second-order valence-electron chi connectivity index (χ2n) is 6.58. The van der Waals surface area contributed by atoms with Crippen LogP contribution in [0.2, 0.25) is 0 Å². The first kappa shape index (κ1) is 18.3. The maximum absolute atomic E-state index is 13.1. The molecule has 0 bridgehead atoms. The standard InChI is InChI=1S/C20H18N4O3S/c21-13-19-20(23-10-9-22-19)27-17-6-3-11-24(14-17)28(25,26)18-8-7-15-4-1-2-5-16(15)12-18/h1-2,4-5,7-10,12,17H,3,6,11,14H2. The normalized spacial score (nSPS) is 17.9. The van der Waals surface area contributed by atoms with Gasteiger partial charge in [-0.15, -0.1) is 0 Å². The Kier molecular flexibility index (Phi) is 4.94. The minimum Gasteiger partial charge on any atom is -0.471 e. The van der Waals surface area contributed by atoms with Crippen molar-refractivity contribution in [3.8, 4) is 11.9 Å². The van der Waals surface area contributed by atoms with E-state index in [0.29, 0.717) is 19.4 Å². The summed E-state index contributed by atoms with van der Waals surface area (Å²) in [6, 6.07) is 14.7. The number of nitriles is 1. The van der Waals surface area contributed by atoms with E-state index in [9.17, 15) is 8.42 Å². The van der Waals surface area contributed by atoms with Crippen molar-refractivity contribution in [2.75, 3.05) is 13.1 Å². The van der Waals surface area contributed by atoms with Gasteiger partial charge in [-0.25, -0.2) is 18.4 Å². The van der Waals surface area contributed by atoms with Gasteiger partial charge in [-0.3, -0.25) is 0 Å². The van der Waals surface area contributed by atoms with Gasteiger partial charge in [0.15, 0.2) is 0 Å². The SMILES string of the molecule is N#Cc1nccnc1OC1CCCN(S(=O)(=O)c2ccc3ccccc3c2)C1. The molecule has 1 aliphatic heterocycles. The first-order valence-corrected chi connectivity index (χ1v) is 10.4. The Hall–Kier alpha value is -3.02. The van der Waals surface area contributed by atoms with Crippen molar-refractivity contribution in [3.05, 3.63) is 60.6 Å². The van der Waals surface area contributed by atoms with Crippen molar-refractivity contribution < 1.29 is 13.2 Å². The summed E-state index contributed by atoms with van der Waals surface area (Å²) >= 11 is 0. The Morgan fingerprint density at radius 1 is 1.11 bits per heavy atom. The predicted molar refractivity (Wildman–Crippen MR) is 103 cm³/mol. The lowest BCUT2D eigenvalue weighted by molar-refractivity contribution is 0.124. The van der Waals surface area contributed by atoms with E-state index in [-0.39, 0.29) is 29.1 Å². The molecule has 1 saturated heterocycles. The van der Waals surface area contributed by atoms with Gasteiger partial charge >= 0.3 is 0 Å². The molecule has 1 atom stereocenters. The zero-order chi connectivity index (χ0) is 19.6. The first-order valence-electron chi connectivity index (χ1n) is 8.94. The van der Waals surface area contributed by atoms with Crippen LogP contribution in [-0.2, 0) is 10.0 Å². The van der Waals surface area contributed by atoms with Gasteiger partial charge in [0.1, 0.15) is 12.2 Å². The lowest BCUT2D eigenvalue weighted by atomic mass is 10.1. The highest BCUT2D eigenvalue weighted by Crippen LogP contribution is 2.26. The molecule has 3 aromatic rings. The fourth-order valence-corrected chi connectivity index (χ4v) is 4.89. The highest BCUT2D eigenvalue weighted by atomic mass is 32.2. The molecule has 0 N–H and O–H groups in total. The molecule has 142 valence electrons. The summed E-state index contributed by atoms with van der Waals surface area (Å²) in [7, 11) is -3.64. The van der Waals surface area contributed by atoms with Crippen LogP contribution in [0.15, 0.2) is 59.8 Å². The van der Waals surface area contributed by atoms with E-state index >= 15 is 0 Å². The van der Waals surface area contributed by atoms with Crippen molar-refractivity contribution >= 4 is 20.8 Å². The van der Waals surface area contributed by atoms with Gasteiger partial charge in [0.2, 0.25) is 15.7 Å². The second-order valence-corrected chi connectivity index (χ2v) is 8.51. The van der Waals surface area contributed by atoms with Crippen LogP contribution in [0.25, 0.3) is 10.8 Å². The van der Waals surface area contributed by atoms with Gasteiger partial charge in [-0.05, 0) is 35.7 Å². The number of piperidine rings is 1. The molecular weight excluding hydrogens is 376 g/mol. The lowest BCUT2D eigenvalue weighted by Gasteiger charge is -2.31. The summed E-state index contributed by atoms with van der Waals surface area (Å²) in [5, 5.41) is 11.0. The zero-order valence-corrected chi connectivity index (χ0v) is 15.8. The molecule has 2 aromatic carbocycles. The third-order valence-corrected chi connectivity index (χ3v) is 6.61. The van der Waals surface area contributed by atoms with E-state index in [2.05, 4.69) is 9.97 Å². The molecular formula is C20H18N4O3S. The zero-order valence-electron chi connectivity index (χ0n) is 15.0. The third-order valence-electron chi connectivity index (χ3n) is 4.75. The molecule has 7 nitrogen and oxygen atoms in total. The number of fused-ring (bicyclic) bond motifs is 1. The van der Waals surface area contributed by atoms with Crippen LogP contribution < -0.4 is 4.74 Å². The summed E-state index contributed by atoms with van der Waals surface area (Å²) in [6.07, 6.45) is 3.84. The number of ether oxygens (including phenoxy) is 1. The summed E-state index contributed by atoms with van der Waals surface area (Å²) < 4.78 is 33.5. The van der Waals surface area contributed by atoms with Crippen molar-refractivity contribution in [3.63, 3.8) is 0 Å². The average Bonchev–Trinajstić information content (AvgIpc) is 2.74. The Balaban J connectivity index is 1.56. The van der Waals surface area contributed by atoms with Crippen molar-refractivity contribution in [1.82, 2.24) is 14.3 Å². The minimum atomic E-state index is -3.64. The number of rotatable bonds is 4. The number of aromatic nitrogens is 2. The van der Waals surface area contributed by atoms with E-state index in [0.717, 1.165) is 10.8 Å². The molecule has 1 aromatic heterocycles. The van der Waals surface area contributed by atoms with E-state index in [1.807, 2.05) is 36.4 Å². The maximum Gasteiger partial charge on any atom is 0.251 e. The maximum atomic E-state index is 13.1. The molecule has 4 rings (SSSR count). The summed E-state index contributed by atoms with van der Waals surface area (Å²) in [5.41, 5.74) is 0.0945. The van der Waals surface area contributed by atoms with Gasteiger partial charge < -0.3 is 4.74 Å². The average molecular weight is 394 g/mol. The fourth-order valence-electron chi connectivity index (χ4n) is 3.34. The summed E-state index contributed by atoms with van der Waals surface area (Å²) in [6.45, 7) is 0.636. The van der Waals surface area contributed by atoms with Gasteiger partial charge in [-0.1, -0.05) is 30.3 Å². The smallest absolute Gasteiger partial charge is 0.251 e. The Morgan fingerprint density at radius 2 is 1.89 bits per heavy atom. The monoisotopic (exact) mass is 394 g/mol. The quantitative estimate of drug-likeness (QED) is 0.675. The van der Waals surface area contributed by atoms with Crippen LogP contribution in [0.4, 0.5) is 0 Å². The molecule has 0 saturated carbocycles. The summed E-state index contributed by atoms with van der Waals surface area (Å²) in [4.78, 5) is 8.24. The van der Waals surface area contributed by atoms with E-state index in [4.69, 9.17) is 10.00 Å². The molecule has 0 spiro atoms. The Morgan fingerprint density at radius 3 is 2.71 bits per heavy atom. The third kappa shape index (κ3) is 3.54. The van der Waals surface area contributed by atoms with Gasteiger partial charge in [-0.2, -0.15) is 9.57 Å². The molecule has 0 radical (unpaired) electrons. The molecule has 0 aliphatic carbocycles.